The Hall–Kier alpha value is -1.50. The van der Waals surface area contributed by atoms with Gasteiger partial charge in [-0.25, -0.2) is 9.97 Å². The van der Waals surface area contributed by atoms with Crippen LogP contribution in [0.3, 0.4) is 0 Å². The highest BCUT2D eigenvalue weighted by molar-refractivity contribution is 7.09. The van der Waals surface area contributed by atoms with Gasteiger partial charge in [0.15, 0.2) is 0 Å². The molecule has 25 heavy (non-hydrogen) atoms. The quantitative estimate of drug-likeness (QED) is 0.887. The smallest absolute Gasteiger partial charge is 0.125 e. The van der Waals surface area contributed by atoms with Gasteiger partial charge < -0.3 is 10.1 Å². The Balaban J connectivity index is 1.32. The zero-order valence-electron chi connectivity index (χ0n) is 14.8. The van der Waals surface area contributed by atoms with E-state index in [1.807, 2.05) is 29.9 Å². The Bertz CT molecular complexity index is 692. The van der Waals surface area contributed by atoms with Crippen LogP contribution < -0.4 is 5.32 Å². The van der Waals surface area contributed by atoms with Gasteiger partial charge in [0.1, 0.15) is 5.82 Å². The number of hydrogen-bond donors (Lipinski definition) is 1. The molecule has 2 aromatic heterocycles. The van der Waals surface area contributed by atoms with E-state index >= 15 is 0 Å². The maximum absolute atomic E-state index is 6.59. The van der Waals surface area contributed by atoms with Crippen LogP contribution >= 0.6 is 11.3 Å². The number of anilines is 1. The second-order valence-corrected chi connectivity index (χ2v) is 8.17. The van der Waals surface area contributed by atoms with E-state index < -0.39 is 0 Å². The number of rotatable bonds is 5. The van der Waals surface area contributed by atoms with Gasteiger partial charge >= 0.3 is 0 Å². The van der Waals surface area contributed by atoms with Crippen molar-refractivity contribution in [2.24, 2.45) is 0 Å². The highest BCUT2D eigenvalue weighted by atomic mass is 32.1. The van der Waals surface area contributed by atoms with Gasteiger partial charge in [-0.15, -0.1) is 11.3 Å². The minimum absolute atomic E-state index is 0.0489. The van der Waals surface area contributed by atoms with Crippen molar-refractivity contribution in [2.45, 2.75) is 50.9 Å². The molecule has 134 valence electrons. The summed E-state index contributed by atoms with van der Waals surface area (Å²) < 4.78 is 6.59. The number of aryl methyl sites for hydroxylation is 1. The molecule has 6 heteroatoms. The molecule has 2 aliphatic rings. The Labute approximate surface area is 153 Å². The molecule has 0 aliphatic carbocycles. The highest BCUT2D eigenvalue weighted by Gasteiger charge is 2.42. The summed E-state index contributed by atoms with van der Waals surface area (Å²) in [5.41, 5.74) is 3.17. The van der Waals surface area contributed by atoms with Crippen molar-refractivity contribution >= 4 is 17.2 Å². The van der Waals surface area contributed by atoms with Gasteiger partial charge in [-0.3, -0.25) is 4.90 Å². The molecule has 0 amide bonds. The minimum Gasteiger partial charge on any atom is -0.369 e. The van der Waals surface area contributed by atoms with E-state index in [1.165, 1.54) is 23.4 Å². The topological polar surface area (TPSA) is 50.3 Å². The van der Waals surface area contributed by atoms with Crippen LogP contribution in [0.15, 0.2) is 29.9 Å². The number of nitrogens with zero attached hydrogens (tertiary/aromatic N) is 3. The van der Waals surface area contributed by atoms with Crippen molar-refractivity contribution in [3.05, 3.63) is 40.5 Å². The summed E-state index contributed by atoms with van der Waals surface area (Å²) in [6, 6.07) is 5.96. The average Bonchev–Trinajstić information content (AvgIpc) is 3.21. The van der Waals surface area contributed by atoms with Gasteiger partial charge in [-0.1, -0.05) is 6.07 Å². The summed E-state index contributed by atoms with van der Waals surface area (Å²) in [7, 11) is 0. The first-order valence-electron chi connectivity index (χ1n) is 9.16. The lowest BCUT2D eigenvalue weighted by molar-refractivity contribution is -0.115. The number of hydrogen-bond acceptors (Lipinski definition) is 6. The van der Waals surface area contributed by atoms with Gasteiger partial charge in [-0.05, 0) is 44.7 Å². The number of likely N-dealkylation sites (tertiary alicyclic amines) is 1. The number of thiazole rings is 1. The zero-order chi connectivity index (χ0) is 17.1. The maximum Gasteiger partial charge on any atom is 0.125 e. The summed E-state index contributed by atoms with van der Waals surface area (Å²) in [5, 5.41) is 3.42. The summed E-state index contributed by atoms with van der Waals surface area (Å²) >= 11 is 1.77. The predicted molar refractivity (Wildman–Crippen MR) is 101 cm³/mol. The third-order valence-electron chi connectivity index (χ3n) is 5.36. The molecule has 2 saturated heterocycles. The summed E-state index contributed by atoms with van der Waals surface area (Å²) in [4.78, 5) is 12.6. The minimum atomic E-state index is 0.0489. The van der Waals surface area contributed by atoms with E-state index in [0.717, 1.165) is 44.8 Å². The fraction of sp³-hybridized carbons (Fsp3) is 0.579. The molecule has 0 saturated carbocycles. The molecule has 2 aliphatic heterocycles. The van der Waals surface area contributed by atoms with Crippen molar-refractivity contribution in [3.8, 4) is 0 Å². The molecule has 1 N–H and O–H groups in total. The molecule has 0 radical (unpaired) electrons. The number of aromatic nitrogens is 2. The average molecular weight is 359 g/mol. The number of pyridine rings is 1. The Morgan fingerprint density at radius 2 is 2.32 bits per heavy atom. The van der Waals surface area contributed by atoms with Crippen LogP contribution in [-0.2, 0) is 11.3 Å². The molecule has 4 rings (SSSR count). The third-order valence-corrected chi connectivity index (χ3v) is 6.28. The fourth-order valence-electron chi connectivity index (χ4n) is 4.00. The van der Waals surface area contributed by atoms with E-state index in [1.54, 1.807) is 11.3 Å². The van der Waals surface area contributed by atoms with Crippen molar-refractivity contribution < 1.29 is 4.74 Å². The summed E-state index contributed by atoms with van der Waals surface area (Å²) in [6.45, 7) is 6.13. The van der Waals surface area contributed by atoms with Gasteiger partial charge in [-0.2, -0.15) is 0 Å². The van der Waals surface area contributed by atoms with Gasteiger partial charge in [0.25, 0.3) is 0 Å². The normalized spacial score (nSPS) is 27.0. The molecule has 5 nitrogen and oxygen atoms in total. The molecule has 2 atom stereocenters. The van der Waals surface area contributed by atoms with Crippen molar-refractivity contribution in [1.82, 2.24) is 14.9 Å². The molecule has 0 aromatic carbocycles. The standard InChI is InChI=1S/C19H26N4OS/c1-15-17(25-14-22-15)12-23-10-8-19(13-23)7-4-5-16(24-19)11-21-18-6-2-3-9-20-18/h2-3,6,9,14,16H,4-5,7-8,10-13H2,1H3,(H,20,21)/t16-,19-/m1/s1. The highest BCUT2D eigenvalue weighted by Crippen LogP contribution is 2.37. The zero-order valence-corrected chi connectivity index (χ0v) is 15.6. The molecule has 0 unspecified atom stereocenters. The van der Waals surface area contributed by atoms with E-state index in [9.17, 15) is 0 Å². The Morgan fingerprint density at radius 1 is 1.36 bits per heavy atom. The molecule has 4 heterocycles. The lowest BCUT2D eigenvalue weighted by Gasteiger charge is -2.39. The first-order chi connectivity index (χ1) is 12.2. The van der Waals surface area contributed by atoms with Crippen LogP contribution in [0.2, 0.25) is 0 Å². The van der Waals surface area contributed by atoms with Crippen molar-refractivity contribution in [1.29, 1.82) is 0 Å². The van der Waals surface area contributed by atoms with Crippen molar-refractivity contribution in [3.63, 3.8) is 0 Å². The number of nitrogens with one attached hydrogen (secondary N) is 1. The molecule has 1 spiro atoms. The van der Waals surface area contributed by atoms with E-state index in [0.29, 0.717) is 0 Å². The van der Waals surface area contributed by atoms with Gasteiger partial charge in [0.2, 0.25) is 0 Å². The van der Waals surface area contributed by atoms with E-state index in [2.05, 4.69) is 27.1 Å². The second-order valence-electron chi connectivity index (χ2n) is 7.23. The predicted octanol–water partition coefficient (Wildman–Crippen LogP) is 3.47. The van der Waals surface area contributed by atoms with Crippen molar-refractivity contribution in [2.75, 3.05) is 25.0 Å². The lowest BCUT2D eigenvalue weighted by atomic mass is 9.90. The first-order valence-corrected chi connectivity index (χ1v) is 10.0. The van der Waals surface area contributed by atoms with Crippen LogP contribution in [0.25, 0.3) is 0 Å². The monoisotopic (exact) mass is 358 g/mol. The Kier molecular flexibility index (Phi) is 5.01. The molecule has 0 bridgehead atoms. The largest absolute Gasteiger partial charge is 0.369 e. The van der Waals surface area contributed by atoms with Gasteiger partial charge in [0.05, 0.1) is 22.9 Å². The van der Waals surface area contributed by atoms with E-state index in [-0.39, 0.29) is 11.7 Å². The molecular formula is C19H26N4OS. The molecule has 2 fully saturated rings. The van der Waals surface area contributed by atoms with E-state index in [4.69, 9.17) is 4.74 Å². The lowest BCUT2D eigenvalue weighted by Crippen LogP contribution is -2.45. The third kappa shape index (κ3) is 4.02. The van der Waals surface area contributed by atoms with Crippen LogP contribution in [0.4, 0.5) is 5.82 Å². The van der Waals surface area contributed by atoms with Crippen LogP contribution in [-0.4, -0.2) is 46.2 Å². The maximum atomic E-state index is 6.59. The summed E-state index contributed by atoms with van der Waals surface area (Å²) in [6.07, 6.45) is 6.82. The molecule has 2 aromatic rings. The number of ether oxygens (including phenoxy) is 1. The SMILES string of the molecule is Cc1ncsc1CN1CC[C@]2(CCC[C@H](CNc3ccccn3)O2)C1. The molecular weight excluding hydrogens is 332 g/mol. The fourth-order valence-corrected chi connectivity index (χ4v) is 4.81. The first kappa shape index (κ1) is 16.9. The van der Waals surface area contributed by atoms with Crippen LogP contribution in [0.1, 0.15) is 36.3 Å². The second kappa shape index (κ2) is 7.40. The summed E-state index contributed by atoms with van der Waals surface area (Å²) in [5.74, 6) is 0.930. The van der Waals surface area contributed by atoms with Gasteiger partial charge in [0, 0.05) is 37.3 Å². The Morgan fingerprint density at radius 3 is 3.12 bits per heavy atom. The van der Waals surface area contributed by atoms with Crippen LogP contribution in [0.5, 0.6) is 0 Å². The van der Waals surface area contributed by atoms with Crippen LogP contribution in [0, 0.1) is 6.92 Å².